The molecule has 2 aromatic rings. The van der Waals surface area contributed by atoms with Gasteiger partial charge >= 0.3 is 11.9 Å². The minimum Gasteiger partial charge on any atom is -0.506 e. The molecule has 0 saturated heterocycles. The standard InChI is InChI=1S/C24H26N2O6/c1-3-32-23(29)19(22(28)18-12-8-5-9-13-18)15-25-16-21(27)26-20(24(30)31-2)14-17-10-6-4-7-11-17/h4-13,15,20,28H,3,14,16H2,1-2H3,(H,26,27)/b22-19+,25-15?/t20-/m0/s1. The Bertz CT molecular complexity index is 970. The second-order valence-electron chi connectivity index (χ2n) is 6.65. The average molecular weight is 438 g/mol. The van der Waals surface area contributed by atoms with E-state index in [4.69, 9.17) is 9.47 Å². The number of nitrogens with one attached hydrogen (secondary N) is 1. The molecule has 2 aromatic carbocycles. The molecule has 0 aliphatic heterocycles. The van der Waals surface area contributed by atoms with Crippen LogP contribution in [0.25, 0.3) is 5.76 Å². The van der Waals surface area contributed by atoms with Gasteiger partial charge in [0.05, 0.1) is 13.7 Å². The topological polar surface area (TPSA) is 114 Å². The molecule has 0 radical (unpaired) electrons. The summed E-state index contributed by atoms with van der Waals surface area (Å²) in [5, 5.41) is 13.1. The minimum absolute atomic E-state index is 0.110. The smallest absolute Gasteiger partial charge is 0.343 e. The highest BCUT2D eigenvalue weighted by atomic mass is 16.5. The summed E-state index contributed by atoms with van der Waals surface area (Å²) in [5.74, 6) is -2.21. The number of methoxy groups -OCH3 is 1. The normalized spacial score (nSPS) is 12.6. The molecule has 1 atom stereocenters. The van der Waals surface area contributed by atoms with Gasteiger partial charge in [0.2, 0.25) is 5.91 Å². The Labute approximate surface area is 186 Å². The highest BCUT2D eigenvalue weighted by Gasteiger charge is 2.22. The van der Waals surface area contributed by atoms with E-state index < -0.39 is 23.9 Å². The maximum atomic E-state index is 12.4. The number of hydrogen-bond donors (Lipinski definition) is 2. The molecule has 0 saturated carbocycles. The highest BCUT2D eigenvalue weighted by Crippen LogP contribution is 2.16. The van der Waals surface area contributed by atoms with Crippen LogP contribution in [0.1, 0.15) is 18.1 Å². The van der Waals surface area contributed by atoms with Crippen molar-refractivity contribution < 1.29 is 29.0 Å². The second kappa shape index (κ2) is 12.7. The van der Waals surface area contributed by atoms with Crippen LogP contribution in [0.2, 0.25) is 0 Å². The number of aliphatic imine (C=N–C) groups is 1. The van der Waals surface area contributed by atoms with E-state index in [1.807, 2.05) is 30.3 Å². The molecule has 32 heavy (non-hydrogen) atoms. The van der Waals surface area contributed by atoms with Gasteiger partial charge in [-0.2, -0.15) is 0 Å². The third kappa shape index (κ3) is 7.39. The van der Waals surface area contributed by atoms with E-state index in [1.165, 1.54) is 7.11 Å². The van der Waals surface area contributed by atoms with Crippen molar-refractivity contribution in [3.63, 3.8) is 0 Å². The zero-order valence-corrected chi connectivity index (χ0v) is 18.0. The maximum Gasteiger partial charge on any atom is 0.343 e. The van der Waals surface area contributed by atoms with Gasteiger partial charge in [-0.3, -0.25) is 9.79 Å². The molecule has 0 bridgehead atoms. The van der Waals surface area contributed by atoms with Crippen molar-refractivity contribution in [1.29, 1.82) is 0 Å². The van der Waals surface area contributed by atoms with Gasteiger partial charge in [-0.15, -0.1) is 0 Å². The molecule has 2 N–H and O–H groups in total. The molecule has 8 nitrogen and oxygen atoms in total. The first-order valence-corrected chi connectivity index (χ1v) is 10.0. The summed E-state index contributed by atoms with van der Waals surface area (Å²) in [5.41, 5.74) is 1.08. The van der Waals surface area contributed by atoms with Crippen molar-refractivity contribution in [3.05, 3.63) is 77.4 Å². The lowest BCUT2D eigenvalue weighted by atomic mass is 10.1. The molecule has 1 amide bonds. The third-order valence-corrected chi connectivity index (χ3v) is 4.36. The first kappa shape index (κ1) is 24.3. The van der Waals surface area contributed by atoms with Crippen molar-refractivity contribution in [2.24, 2.45) is 4.99 Å². The lowest BCUT2D eigenvalue weighted by Crippen LogP contribution is -2.44. The van der Waals surface area contributed by atoms with Crippen LogP contribution in [0, 0.1) is 0 Å². The zero-order chi connectivity index (χ0) is 23.3. The average Bonchev–Trinajstić information content (AvgIpc) is 2.82. The summed E-state index contributed by atoms with van der Waals surface area (Å²) in [4.78, 5) is 40.6. The van der Waals surface area contributed by atoms with Gasteiger partial charge in [0.1, 0.15) is 23.9 Å². The van der Waals surface area contributed by atoms with Gasteiger partial charge in [0.15, 0.2) is 0 Å². The molecule has 0 fully saturated rings. The number of amides is 1. The number of carbonyl (C=O) groups is 3. The summed E-state index contributed by atoms with van der Waals surface area (Å²) < 4.78 is 9.74. The van der Waals surface area contributed by atoms with Crippen LogP contribution < -0.4 is 5.32 Å². The van der Waals surface area contributed by atoms with E-state index in [-0.39, 0.29) is 30.9 Å². The van der Waals surface area contributed by atoms with Crippen molar-refractivity contribution >= 4 is 29.8 Å². The molecular formula is C24H26N2O6. The first-order valence-electron chi connectivity index (χ1n) is 10.0. The largest absolute Gasteiger partial charge is 0.506 e. The molecule has 2 rings (SSSR count). The number of aliphatic hydroxyl groups excluding tert-OH is 1. The third-order valence-electron chi connectivity index (χ3n) is 4.36. The Morgan fingerprint density at radius 2 is 1.69 bits per heavy atom. The molecule has 0 unspecified atom stereocenters. The van der Waals surface area contributed by atoms with E-state index in [0.29, 0.717) is 5.56 Å². The number of ether oxygens (including phenoxy) is 2. The fourth-order valence-corrected chi connectivity index (χ4v) is 2.82. The molecule has 0 aromatic heterocycles. The zero-order valence-electron chi connectivity index (χ0n) is 18.0. The number of rotatable bonds is 10. The molecule has 0 heterocycles. The van der Waals surface area contributed by atoms with Crippen molar-refractivity contribution in [2.45, 2.75) is 19.4 Å². The molecule has 8 heteroatoms. The van der Waals surface area contributed by atoms with Crippen LogP contribution >= 0.6 is 0 Å². The van der Waals surface area contributed by atoms with E-state index in [9.17, 15) is 19.5 Å². The van der Waals surface area contributed by atoms with Gasteiger partial charge in [0, 0.05) is 18.2 Å². The number of nitrogens with zero attached hydrogens (tertiary/aromatic N) is 1. The van der Waals surface area contributed by atoms with Crippen molar-refractivity contribution in [1.82, 2.24) is 5.32 Å². The number of aliphatic hydroxyl groups is 1. The van der Waals surface area contributed by atoms with Crippen LogP contribution in [-0.2, 0) is 30.3 Å². The molecule has 0 aliphatic rings. The Balaban J connectivity index is 2.11. The van der Waals surface area contributed by atoms with E-state index in [2.05, 4.69) is 10.3 Å². The summed E-state index contributed by atoms with van der Waals surface area (Å²) in [6.07, 6.45) is 1.34. The summed E-state index contributed by atoms with van der Waals surface area (Å²) in [6, 6.07) is 16.7. The molecule has 0 aliphatic carbocycles. The Morgan fingerprint density at radius 3 is 2.28 bits per heavy atom. The number of benzene rings is 2. The Morgan fingerprint density at radius 1 is 1.06 bits per heavy atom. The van der Waals surface area contributed by atoms with Gasteiger partial charge in [-0.1, -0.05) is 60.7 Å². The van der Waals surface area contributed by atoms with Crippen LogP contribution in [0.3, 0.4) is 0 Å². The Kier molecular flexibility index (Phi) is 9.65. The lowest BCUT2D eigenvalue weighted by molar-refractivity contribution is -0.144. The van der Waals surface area contributed by atoms with Crippen LogP contribution in [0.4, 0.5) is 0 Å². The summed E-state index contributed by atoms with van der Waals surface area (Å²) in [7, 11) is 1.24. The fraction of sp³-hybridized carbons (Fsp3) is 0.250. The summed E-state index contributed by atoms with van der Waals surface area (Å²) >= 11 is 0. The summed E-state index contributed by atoms with van der Waals surface area (Å²) in [6.45, 7) is 1.38. The van der Waals surface area contributed by atoms with Gasteiger partial charge in [-0.05, 0) is 12.5 Å². The van der Waals surface area contributed by atoms with Gasteiger partial charge in [0.25, 0.3) is 0 Å². The van der Waals surface area contributed by atoms with Crippen LogP contribution in [-0.4, -0.2) is 55.5 Å². The predicted octanol–water partition coefficient (Wildman–Crippen LogP) is 2.49. The number of esters is 2. The second-order valence-corrected chi connectivity index (χ2v) is 6.65. The van der Waals surface area contributed by atoms with E-state index in [0.717, 1.165) is 11.8 Å². The van der Waals surface area contributed by atoms with Gasteiger partial charge in [-0.25, -0.2) is 9.59 Å². The molecular weight excluding hydrogens is 412 g/mol. The quantitative estimate of drug-likeness (QED) is 0.255. The predicted molar refractivity (Wildman–Crippen MR) is 120 cm³/mol. The van der Waals surface area contributed by atoms with Crippen LogP contribution in [0.15, 0.2) is 71.2 Å². The lowest BCUT2D eigenvalue weighted by Gasteiger charge is -2.16. The van der Waals surface area contributed by atoms with E-state index in [1.54, 1.807) is 37.3 Å². The SMILES string of the molecule is CCOC(=O)/C(C=NCC(=O)N[C@@H](Cc1ccccc1)C(=O)OC)=C(/O)c1ccccc1. The Hall–Kier alpha value is -3.94. The first-order chi connectivity index (χ1) is 15.5. The van der Waals surface area contributed by atoms with Crippen molar-refractivity contribution in [2.75, 3.05) is 20.3 Å². The number of carbonyl (C=O) groups excluding carboxylic acids is 3. The highest BCUT2D eigenvalue weighted by molar-refractivity contribution is 6.15. The van der Waals surface area contributed by atoms with E-state index >= 15 is 0 Å². The van der Waals surface area contributed by atoms with Gasteiger partial charge < -0.3 is 19.9 Å². The number of hydrogen-bond acceptors (Lipinski definition) is 7. The maximum absolute atomic E-state index is 12.4. The molecule has 0 spiro atoms. The minimum atomic E-state index is -0.886. The monoisotopic (exact) mass is 438 g/mol. The fourth-order valence-electron chi connectivity index (χ4n) is 2.82. The van der Waals surface area contributed by atoms with Crippen LogP contribution in [0.5, 0.6) is 0 Å². The molecule has 168 valence electrons. The van der Waals surface area contributed by atoms with Crippen molar-refractivity contribution in [3.8, 4) is 0 Å².